The number of rotatable bonds is 7. The number of fused-ring (bicyclic) bond motifs is 2. The van der Waals surface area contributed by atoms with E-state index < -0.39 is 35.7 Å². The summed E-state index contributed by atoms with van der Waals surface area (Å²) >= 11 is 0. The van der Waals surface area contributed by atoms with E-state index in [1.807, 2.05) is 6.92 Å². The SMILES string of the molecule is Cc1c(-c2c([C@H](OC(C)(C)C)C(=O)O)n(C)c(=O)c3cc(OCCF)ccc23)cc(F)c2c1CCCO2. The fraction of sp³-hybridized carbons (Fsp3) is 0.429. The molecule has 3 aromatic rings. The van der Waals surface area contributed by atoms with Crippen LogP contribution >= 0.6 is 0 Å². The minimum atomic E-state index is -1.52. The van der Waals surface area contributed by atoms with Gasteiger partial charge in [0.15, 0.2) is 17.7 Å². The van der Waals surface area contributed by atoms with Crippen LogP contribution in [0.3, 0.4) is 0 Å². The van der Waals surface area contributed by atoms with Gasteiger partial charge in [0.1, 0.15) is 19.0 Å². The summed E-state index contributed by atoms with van der Waals surface area (Å²) in [5.74, 6) is -1.35. The molecule has 0 saturated carbocycles. The molecule has 9 heteroatoms. The molecule has 1 aliphatic heterocycles. The fourth-order valence-electron chi connectivity index (χ4n) is 4.84. The second-order valence-electron chi connectivity index (χ2n) is 10.1. The van der Waals surface area contributed by atoms with Gasteiger partial charge in [-0.2, -0.15) is 0 Å². The number of aromatic nitrogens is 1. The zero-order chi connectivity index (χ0) is 27.1. The van der Waals surface area contributed by atoms with Crippen LogP contribution in [-0.2, 0) is 23.0 Å². The van der Waals surface area contributed by atoms with E-state index in [2.05, 4.69) is 0 Å². The average Bonchev–Trinajstić information content (AvgIpc) is 2.85. The van der Waals surface area contributed by atoms with Gasteiger partial charge < -0.3 is 23.9 Å². The van der Waals surface area contributed by atoms with Crippen molar-refractivity contribution in [3.8, 4) is 22.6 Å². The molecule has 1 aromatic heterocycles. The van der Waals surface area contributed by atoms with Crippen LogP contribution in [-0.4, -0.2) is 41.1 Å². The van der Waals surface area contributed by atoms with Crippen molar-refractivity contribution in [3.63, 3.8) is 0 Å². The molecule has 0 aliphatic carbocycles. The molecule has 2 heterocycles. The number of alkyl halides is 1. The average molecular weight is 516 g/mol. The Morgan fingerprint density at radius 2 is 1.97 bits per heavy atom. The number of carbonyl (C=O) groups is 1. The summed E-state index contributed by atoms with van der Waals surface area (Å²) in [7, 11) is 1.46. The largest absolute Gasteiger partial charge is 0.491 e. The highest BCUT2D eigenvalue weighted by Gasteiger charge is 2.34. The maximum atomic E-state index is 15.3. The quantitative estimate of drug-likeness (QED) is 0.462. The molecule has 2 aromatic carbocycles. The normalized spacial score (nSPS) is 14.2. The molecular formula is C28H31F2NO6. The number of hydrogen-bond acceptors (Lipinski definition) is 5. The van der Waals surface area contributed by atoms with E-state index in [1.54, 1.807) is 32.9 Å². The van der Waals surface area contributed by atoms with Gasteiger partial charge in [-0.05, 0) is 81.3 Å². The van der Waals surface area contributed by atoms with Gasteiger partial charge in [0.2, 0.25) is 0 Å². The van der Waals surface area contributed by atoms with Crippen molar-refractivity contribution in [2.24, 2.45) is 7.05 Å². The Morgan fingerprint density at radius 1 is 1.24 bits per heavy atom. The van der Waals surface area contributed by atoms with Gasteiger partial charge in [-0.3, -0.25) is 4.79 Å². The van der Waals surface area contributed by atoms with Crippen LogP contribution in [0.5, 0.6) is 11.5 Å². The van der Waals surface area contributed by atoms with Crippen molar-refractivity contribution in [2.45, 2.75) is 52.2 Å². The third-order valence-electron chi connectivity index (χ3n) is 6.41. The molecule has 1 N–H and O–H groups in total. The highest BCUT2D eigenvalue weighted by Crippen LogP contribution is 2.43. The summed E-state index contributed by atoms with van der Waals surface area (Å²) in [6.45, 7) is 6.54. The third kappa shape index (κ3) is 5.05. The van der Waals surface area contributed by atoms with Gasteiger partial charge in [0, 0.05) is 18.2 Å². The summed E-state index contributed by atoms with van der Waals surface area (Å²) < 4.78 is 46.2. The second kappa shape index (κ2) is 10.1. The Kier molecular flexibility index (Phi) is 7.28. The number of carboxylic acids is 1. The molecular weight excluding hydrogens is 484 g/mol. The molecule has 0 unspecified atom stereocenters. The summed E-state index contributed by atoms with van der Waals surface area (Å²) in [6, 6.07) is 6.02. The Bertz CT molecular complexity index is 1420. The van der Waals surface area contributed by atoms with E-state index in [4.69, 9.17) is 14.2 Å². The monoisotopic (exact) mass is 515 g/mol. The highest BCUT2D eigenvalue weighted by atomic mass is 19.1. The van der Waals surface area contributed by atoms with Crippen LogP contribution in [0.1, 0.15) is 50.1 Å². The topological polar surface area (TPSA) is 87.0 Å². The maximum absolute atomic E-state index is 15.3. The lowest BCUT2D eigenvalue weighted by Crippen LogP contribution is -2.33. The van der Waals surface area contributed by atoms with E-state index in [-0.39, 0.29) is 23.4 Å². The molecule has 0 spiro atoms. The lowest BCUT2D eigenvalue weighted by atomic mass is 9.87. The third-order valence-corrected chi connectivity index (χ3v) is 6.41. The molecule has 0 saturated heterocycles. The highest BCUT2D eigenvalue weighted by molar-refractivity contribution is 6.00. The predicted octanol–water partition coefficient (Wildman–Crippen LogP) is 5.27. The van der Waals surface area contributed by atoms with Crippen molar-refractivity contribution in [2.75, 3.05) is 19.9 Å². The van der Waals surface area contributed by atoms with Gasteiger partial charge in [0.25, 0.3) is 5.56 Å². The zero-order valence-electron chi connectivity index (χ0n) is 21.6. The fourth-order valence-corrected chi connectivity index (χ4v) is 4.84. The number of aliphatic carboxylic acids is 1. The molecule has 7 nitrogen and oxygen atoms in total. The predicted molar refractivity (Wildman–Crippen MR) is 136 cm³/mol. The number of nitrogens with zero attached hydrogens (tertiary/aromatic N) is 1. The minimum absolute atomic E-state index is 0.0940. The molecule has 37 heavy (non-hydrogen) atoms. The molecule has 0 radical (unpaired) electrons. The second-order valence-corrected chi connectivity index (χ2v) is 10.1. The molecule has 1 aliphatic rings. The van der Waals surface area contributed by atoms with E-state index in [0.29, 0.717) is 40.9 Å². The smallest absolute Gasteiger partial charge is 0.339 e. The van der Waals surface area contributed by atoms with Crippen molar-refractivity contribution in [3.05, 3.63) is 57.3 Å². The molecule has 4 rings (SSSR count). The number of benzene rings is 2. The molecule has 0 bridgehead atoms. The van der Waals surface area contributed by atoms with Crippen LogP contribution in [0, 0.1) is 12.7 Å². The van der Waals surface area contributed by atoms with Crippen LogP contribution in [0.25, 0.3) is 21.9 Å². The van der Waals surface area contributed by atoms with E-state index in [1.165, 1.54) is 23.7 Å². The van der Waals surface area contributed by atoms with E-state index >= 15 is 4.39 Å². The Hall–Kier alpha value is -3.46. The molecule has 1 atom stereocenters. The van der Waals surface area contributed by atoms with Crippen LogP contribution in [0.2, 0.25) is 0 Å². The van der Waals surface area contributed by atoms with Gasteiger partial charge in [-0.1, -0.05) is 0 Å². The summed E-state index contributed by atoms with van der Waals surface area (Å²) in [6.07, 6.45) is -0.195. The Labute approximate surface area is 213 Å². The maximum Gasteiger partial charge on any atom is 0.339 e. The van der Waals surface area contributed by atoms with Crippen LogP contribution in [0.4, 0.5) is 8.78 Å². The number of hydrogen-bond donors (Lipinski definition) is 1. The lowest BCUT2D eigenvalue weighted by Gasteiger charge is -2.29. The van der Waals surface area contributed by atoms with Gasteiger partial charge >= 0.3 is 5.97 Å². The first-order valence-electron chi connectivity index (χ1n) is 12.2. The summed E-state index contributed by atoms with van der Waals surface area (Å²) in [5.41, 5.74) is 1.00. The number of pyridine rings is 1. The summed E-state index contributed by atoms with van der Waals surface area (Å²) in [5, 5.41) is 10.9. The molecule has 198 valence electrons. The number of halogens is 2. The van der Waals surface area contributed by atoms with Crippen molar-refractivity contribution < 1.29 is 32.9 Å². The Balaban J connectivity index is 2.13. The van der Waals surface area contributed by atoms with Gasteiger partial charge in [0.05, 0.1) is 23.3 Å². The summed E-state index contributed by atoms with van der Waals surface area (Å²) in [4.78, 5) is 26.1. The first-order valence-corrected chi connectivity index (χ1v) is 12.2. The van der Waals surface area contributed by atoms with Crippen molar-refractivity contribution in [1.29, 1.82) is 0 Å². The first kappa shape index (κ1) is 26.6. The van der Waals surface area contributed by atoms with E-state index in [9.17, 15) is 19.1 Å². The van der Waals surface area contributed by atoms with Gasteiger partial charge in [-0.15, -0.1) is 0 Å². The standard InChI is InChI=1S/C28H31F2NO6/c1-15-17-7-6-11-36-24(17)21(30)14-19(15)22-18-9-8-16(35-12-10-29)13-20(18)26(32)31(5)23(22)25(27(33)34)37-28(2,3)4/h8-9,13-14,25H,6-7,10-12H2,1-5H3,(H,33,34)/t25-/m0/s1. The van der Waals surface area contributed by atoms with Crippen molar-refractivity contribution in [1.82, 2.24) is 4.57 Å². The zero-order valence-corrected chi connectivity index (χ0v) is 21.6. The Morgan fingerprint density at radius 3 is 2.62 bits per heavy atom. The van der Waals surface area contributed by atoms with Crippen LogP contribution < -0.4 is 15.0 Å². The number of ether oxygens (including phenoxy) is 3. The number of carboxylic acid groups (broad SMARTS) is 1. The van der Waals surface area contributed by atoms with Crippen LogP contribution in [0.15, 0.2) is 29.1 Å². The first-order chi connectivity index (χ1) is 17.4. The lowest BCUT2D eigenvalue weighted by molar-refractivity contribution is -0.161. The molecule has 0 fully saturated rings. The molecule has 0 amide bonds. The van der Waals surface area contributed by atoms with E-state index in [0.717, 1.165) is 12.0 Å². The van der Waals surface area contributed by atoms with Crippen molar-refractivity contribution >= 4 is 16.7 Å². The van der Waals surface area contributed by atoms with Gasteiger partial charge in [-0.25, -0.2) is 13.6 Å². The minimum Gasteiger partial charge on any atom is -0.491 e.